The van der Waals surface area contributed by atoms with Crippen molar-refractivity contribution in [3.63, 3.8) is 0 Å². The highest BCUT2D eigenvalue weighted by atomic mass is 16.2. The fourth-order valence-corrected chi connectivity index (χ4v) is 4.04. The third-order valence-corrected chi connectivity index (χ3v) is 5.30. The van der Waals surface area contributed by atoms with Crippen LogP contribution in [0.1, 0.15) is 62.2 Å². The van der Waals surface area contributed by atoms with Crippen LogP contribution in [0.2, 0.25) is 0 Å². The first kappa shape index (κ1) is 16.0. The number of rotatable bonds is 3. The standard InChI is InChI=1S/C19H26N2O2/c1-14(22)15-9-11-17(12-10-15)20-19(23)21-13-5-8-18(21)16-6-3-2-4-7-16/h9-12,16,18H,2-8,13H2,1H3,(H,20,23). The number of benzene rings is 1. The van der Waals surface area contributed by atoms with E-state index in [-0.39, 0.29) is 11.8 Å². The third kappa shape index (κ3) is 3.74. The summed E-state index contributed by atoms with van der Waals surface area (Å²) in [4.78, 5) is 26.0. The predicted octanol–water partition coefficient (Wildman–Crippen LogP) is 4.47. The Morgan fingerprint density at radius 3 is 2.35 bits per heavy atom. The lowest BCUT2D eigenvalue weighted by Crippen LogP contribution is -2.43. The minimum absolute atomic E-state index is 0.00801. The molecule has 0 spiro atoms. The Morgan fingerprint density at radius 1 is 1.00 bits per heavy atom. The van der Waals surface area contributed by atoms with E-state index < -0.39 is 0 Å². The minimum Gasteiger partial charge on any atom is -0.321 e. The van der Waals surface area contributed by atoms with E-state index in [2.05, 4.69) is 5.32 Å². The Bertz CT molecular complexity index is 561. The molecule has 2 amide bonds. The molecule has 124 valence electrons. The molecule has 1 saturated heterocycles. The highest BCUT2D eigenvalue weighted by Gasteiger charge is 2.35. The van der Waals surface area contributed by atoms with Gasteiger partial charge in [0.15, 0.2) is 5.78 Å². The molecule has 1 unspecified atom stereocenters. The van der Waals surface area contributed by atoms with Gasteiger partial charge in [0, 0.05) is 23.8 Å². The second kappa shape index (κ2) is 7.16. The first-order valence-electron chi connectivity index (χ1n) is 8.84. The second-order valence-corrected chi connectivity index (χ2v) is 6.86. The number of nitrogens with one attached hydrogen (secondary N) is 1. The van der Waals surface area contributed by atoms with Gasteiger partial charge in [-0.15, -0.1) is 0 Å². The summed E-state index contributed by atoms with van der Waals surface area (Å²) in [6, 6.07) is 7.56. The summed E-state index contributed by atoms with van der Waals surface area (Å²) in [5.74, 6) is 0.719. The summed E-state index contributed by atoms with van der Waals surface area (Å²) in [6.45, 7) is 2.41. The van der Waals surface area contributed by atoms with Gasteiger partial charge in [0.2, 0.25) is 0 Å². The quantitative estimate of drug-likeness (QED) is 0.837. The molecule has 3 rings (SSSR count). The van der Waals surface area contributed by atoms with Crippen LogP contribution in [0.4, 0.5) is 10.5 Å². The van der Waals surface area contributed by atoms with Gasteiger partial charge in [-0.05, 0) is 62.8 Å². The van der Waals surface area contributed by atoms with Crippen LogP contribution >= 0.6 is 0 Å². The van der Waals surface area contributed by atoms with Crippen molar-refractivity contribution in [1.82, 2.24) is 4.90 Å². The Balaban J connectivity index is 1.63. The van der Waals surface area contributed by atoms with Crippen molar-refractivity contribution in [2.24, 2.45) is 5.92 Å². The van der Waals surface area contributed by atoms with Gasteiger partial charge in [-0.1, -0.05) is 19.3 Å². The third-order valence-electron chi connectivity index (χ3n) is 5.30. The van der Waals surface area contributed by atoms with Crippen molar-refractivity contribution in [3.05, 3.63) is 29.8 Å². The average Bonchev–Trinajstić information content (AvgIpc) is 3.06. The van der Waals surface area contributed by atoms with Gasteiger partial charge < -0.3 is 10.2 Å². The monoisotopic (exact) mass is 314 g/mol. The summed E-state index contributed by atoms with van der Waals surface area (Å²) in [5.41, 5.74) is 1.43. The number of carbonyl (C=O) groups is 2. The summed E-state index contributed by atoms with van der Waals surface area (Å²) >= 11 is 0. The Labute approximate surface area is 138 Å². The first-order valence-corrected chi connectivity index (χ1v) is 8.84. The molecule has 4 heteroatoms. The number of carbonyl (C=O) groups excluding carboxylic acids is 2. The van der Waals surface area contributed by atoms with Gasteiger partial charge in [0.25, 0.3) is 0 Å². The van der Waals surface area contributed by atoms with Crippen molar-refractivity contribution in [3.8, 4) is 0 Å². The highest BCUT2D eigenvalue weighted by molar-refractivity contribution is 5.95. The normalized spacial score (nSPS) is 22.1. The van der Waals surface area contributed by atoms with E-state index in [1.807, 2.05) is 4.90 Å². The summed E-state index contributed by atoms with van der Waals surface area (Å²) in [5, 5.41) is 2.99. The molecular formula is C19H26N2O2. The van der Waals surface area contributed by atoms with Crippen LogP contribution in [0.5, 0.6) is 0 Å². The molecule has 1 N–H and O–H groups in total. The first-order chi connectivity index (χ1) is 11.1. The van der Waals surface area contributed by atoms with Crippen LogP contribution in [-0.2, 0) is 0 Å². The second-order valence-electron chi connectivity index (χ2n) is 6.86. The lowest BCUT2D eigenvalue weighted by atomic mass is 9.83. The van der Waals surface area contributed by atoms with Crippen molar-refractivity contribution in [2.75, 3.05) is 11.9 Å². The van der Waals surface area contributed by atoms with Crippen LogP contribution < -0.4 is 5.32 Å². The number of urea groups is 1. The largest absolute Gasteiger partial charge is 0.322 e. The number of likely N-dealkylation sites (tertiary alicyclic amines) is 1. The number of anilines is 1. The van der Waals surface area contributed by atoms with Crippen LogP contribution in [0.25, 0.3) is 0 Å². The molecule has 1 atom stereocenters. The van der Waals surface area contributed by atoms with E-state index in [1.54, 1.807) is 31.2 Å². The highest BCUT2D eigenvalue weighted by Crippen LogP contribution is 2.34. The average molecular weight is 314 g/mol. The van der Waals surface area contributed by atoms with Crippen molar-refractivity contribution in [2.45, 2.75) is 57.9 Å². The maximum atomic E-state index is 12.6. The molecule has 2 fully saturated rings. The Hall–Kier alpha value is -1.84. The van der Waals surface area contributed by atoms with Gasteiger partial charge in [-0.3, -0.25) is 4.79 Å². The SMILES string of the molecule is CC(=O)c1ccc(NC(=O)N2CCCC2C2CCCCC2)cc1. The zero-order valence-electron chi connectivity index (χ0n) is 13.9. The molecule has 1 aromatic rings. The van der Waals surface area contributed by atoms with Gasteiger partial charge >= 0.3 is 6.03 Å². The topological polar surface area (TPSA) is 49.4 Å². The summed E-state index contributed by atoms with van der Waals surface area (Å²) in [6.07, 6.45) is 8.74. The molecule has 1 aliphatic heterocycles. The van der Waals surface area contributed by atoms with E-state index >= 15 is 0 Å². The number of ketones is 1. The summed E-state index contributed by atoms with van der Waals surface area (Å²) < 4.78 is 0. The van der Waals surface area contributed by atoms with Crippen molar-refractivity contribution >= 4 is 17.5 Å². The molecule has 4 nitrogen and oxygen atoms in total. The molecule has 1 aliphatic carbocycles. The molecule has 0 radical (unpaired) electrons. The predicted molar refractivity (Wildman–Crippen MR) is 91.8 cm³/mol. The molecule has 23 heavy (non-hydrogen) atoms. The van der Waals surface area contributed by atoms with Gasteiger partial charge in [-0.25, -0.2) is 4.79 Å². The minimum atomic E-state index is 0.00801. The van der Waals surface area contributed by atoms with Gasteiger partial charge in [0.1, 0.15) is 0 Å². The van der Waals surface area contributed by atoms with E-state index in [0.29, 0.717) is 17.5 Å². The van der Waals surface area contributed by atoms with Crippen LogP contribution in [0.3, 0.4) is 0 Å². The number of hydrogen-bond acceptors (Lipinski definition) is 2. The number of amides is 2. The number of nitrogens with zero attached hydrogens (tertiary/aromatic N) is 1. The van der Waals surface area contributed by atoms with Crippen LogP contribution in [-0.4, -0.2) is 29.3 Å². The van der Waals surface area contributed by atoms with E-state index in [0.717, 1.165) is 25.1 Å². The lowest BCUT2D eigenvalue weighted by molar-refractivity contribution is 0.101. The molecule has 0 bridgehead atoms. The molecule has 1 saturated carbocycles. The Morgan fingerprint density at radius 2 is 1.70 bits per heavy atom. The van der Waals surface area contributed by atoms with Crippen LogP contribution in [0, 0.1) is 5.92 Å². The molecular weight excluding hydrogens is 288 g/mol. The summed E-state index contributed by atoms with van der Waals surface area (Å²) in [7, 11) is 0. The maximum Gasteiger partial charge on any atom is 0.322 e. The zero-order valence-corrected chi connectivity index (χ0v) is 13.9. The van der Waals surface area contributed by atoms with E-state index in [1.165, 1.54) is 32.1 Å². The van der Waals surface area contributed by atoms with Gasteiger partial charge in [0.05, 0.1) is 0 Å². The number of hydrogen-bond donors (Lipinski definition) is 1. The van der Waals surface area contributed by atoms with Crippen molar-refractivity contribution < 1.29 is 9.59 Å². The maximum absolute atomic E-state index is 12.6. The van der Waals surface area contributed by atoms with E-state index in [9.17, 15) is 9.59 Å². The fourth-order valence-electron chi connectivity index (χ4n) is 4.04. The Kier molecular flexibility index (Phi) is 4.99. The van der Waals surface area contributed by atoms with E-state index in [4.69, 9.17) is 0 Å². The zero-order chi connectivity index (χ0) is 16.2. The lowest BCUT2D eigenvalue weighted by Gasteiger charge is -2.34. The van der Waals surface area contributed by atoms with Gasteiger partial charge in [-0.2, -0.15) is 0 Å². The molecule has 0 aromatic heterocycles. The smallest absolute Gasteiger partial charge is 0.321 e. The molecule has 2 aliphatic rings. The molecule has 1 aromatic carbocycles. The van der Waals surface area contributed by atoms with Crippen LogP contribution in [0.15, 0.2) is 24.3 Å². The van der Waals surface area contributed by atoms with Crippen molar-refractivity contribution in [1.29, 1.82) is 0 Å². The number of Topliss-reactive ketones (excluding diaryl/α,β-unsaturated/α-hetero) is 1. The molecule has 1 heterocycles. The fraction of sp³-hybridized carbons (Fsp3) is 0.579.